The van der Waals surface area contributed by atoms with Crippen LogP contribution in [0.2, 0.25) is 0 Å². The first kappa shape index (κ1) is 19.9. The monoisotopic (exact) mass is 300 g/mol. The molecule has 1 N–H and O–H groups in total. The number of aliphatic carboxylic acids is 1. The van der Waals surface area contributed by atoms with Gasteiger partial charge >= 0.3 is 11.9 Å². The molecule has 0 saturated carbocycles. The minimum atomic E-state index is -0.695. The van der Waals surface area contributed by atoms with Gasteiger partial charge in [0.05, 0.1) is 6.61 Å². The van der Waals surface area contributed by atoms with E-state index in [0.717, 1.165) is 51.4 Å². The fraction of sp³-hybridized carbons (Fsp3) is 0.882. The molecule has 124 valence electrons. The van der Waals surface area contributed by atoms with E-state index in [1.165, 1.54) is 19.3 Å². The van der Waals surface area contributed by atoms with E-state index >= 15 is 0 Å². The van der Waals surface area contributed by atoms with Gasteiger partial charge in [-0.15, -0.1) is 0 Å². The molecule has 0 rings (SSSR count). The number of carbonyl (C=O) groups is 2. The van der Waals surface area contributed by atoms with Crippen LogP contribution in [0, 0.1) is 0 Å². The molecule has 4 nitrogen and oxygen atoms in total. The van der Waals surface area contributed by atoms with Crippen molar-refractivity contribution in [1.82, 2.24) is 0 Å². The maximum atomic E-state index is 11.3. The van der Waals surface area contributed by atoms with Crippen LogP contribution in [0.4, 0.5) is 0 Å². The smallest absolute Gasteiger partial charge is 0.305 e. The standard InChI is InChI=1S/C17H32O4/c1-2-3-10-14-17(20)21-15-12-9-7-5-4-6-8-11-13-16(18)19/h2-15H2,1H3,(H,18,19). The van der Waals surface area contributed by atoms with Crippen LogP contribution >= 0.6 is 0 Å². The second-order valence-electron chi connectivity index (χ2n) is 5.65. The molecule has 0 atom stereocenters. The Labute approximate surface area is 129 Å². The average Bonchev–Trinajstić information content (AvgIpc) is 2.44. The zero-order valence-electron chi connectivity index (χ0n) is 13.6. The molecule has 0 aliphatic heterocycles. The van der Waals surface area contributed by atoms with Gasteiger partial charge in [0.1, 0.15) is 0 Å². The van der Waals surface area contributed by atoms with E-state index in [4.69, 9.17) is 9.84 Å². The molecule has 0 saturated heterocycles. The van der Waals surface area contributed by atoms with E-state index < -0.39 is 5.97 Å². The van der Waals surface area contributed by atoms with Crippen LogP contribution in [0.3, 0.4) is 0 Å². The lowest BCUT2D eigenvalue weighted by molar-refractivity contribution is -0.144. The van der Waals surface area contributed by atoms with Crippen LogP contribution in [0.15, 0.2) is 0 Å². The number of hydrogen-bond acceptors (Lipinski definition) is 3. The third-order valence-electron chi connectivity index (χ3n) is 3.53. The van der Waals surface area contributed by atoms with Crippen molar-refractivity contribution in [1.29, 1.82) is 0 Å². The topological polar surface area (TPSA) is 63.6 Å². The first-order chi connectivity index (χ1) is 10.2. The van der Waals surface area contributed by atoms with Gasteiger partial charge in [-0.25, -0.2) is 0 Å². The van der Waals surface area contributed by atoms with Crippen molar-refractivity contribution in [3.05, 3.63) is 0 Å². The number of carbonyl (C=O) groups excluding carboxylic acids is 1. The van der Waals surface area contributed by atoms with Crippen molar-refractivity contribution in [3.8, 4) is 0 Å². The van der Waals surface area contributed by atoms with Crippen molar-refractivity contribution in [2.75, 3.05) is 6.61 Å². The molecular weight excluding hydrogens is 268 g/mol. The second-order valence-corrected chi connectivity index (χ2v) is 5.65. The van der Waals surface area contributed by atoms with Crippen molar-refractivity contribution < 1.29 is 19.4 Å². The summed E-state index contributed by atoms with van der Waals surface area (Å²) in [4.78, 5) is 21.7. The summed E-state index contributed by atoms with van der Waals surface area (Å²) >= 11 is 0. The lowest BCUT2D eigenvalue weighted by Crippen LogP contribution is -2.05. The molecule has 0 amide bonds. The quantitative estimate of drug-likeness (QED) is 0.351. The Hall–Kier alpha value is -1.06. The Balaban J connectivity index is 3.11. The fourth-order valence-electron chi connectivity index (χ4n) is 2.22. The molecule has 0 aliphatic carbocycles. The molecule has 21 heavy (non-hydrogen) atoms. The normalized spacial score (nSPS) is 10.5. The van der Waals surface area contributed by atoms with Crippen LogP contribution in [-0.4, -0.2) is 23.7 Å². The summed E-state index contributed by atoms with van der Waals surface area (Å²) in [5.74, 6) is -0.749. The summed E-state index contributed by atoms with van der Waals surface area (Å²) in [6, 6.07) is 0. The molecular formula is C17H32O4. The highest BCUT2D eigenvalue weighted by Gasteiger charge is 2.01. The third-order valence-corrected chi connectivity index (χ3v) is 3.53. The Kier molecular flexibility index (Phi) is 14.6. The van der Waals surface area contributed by atoms with Crippen molar-refractivity contribution in [3.63, 3.8) is 0 Å². The predicted octanol–water partition coefficient (Wildman–Crippen LogP) is 4.71. The molecule has 0 aromatic heterocycles. The molecule has 0 spiro atoms. The number of carboxylic acid groups (broad SMARTS) is 1. The Morgan fingerprint density at radius 3 is 1.86 bits per heavy atom. The number of hydrogen-bond donors (Lipinski definition) is 1. The maximum absolute atomic E-state index is 11.3. The summed E-state index contributed by atoms with van der Waals surface area (Å²) in [6.45, 7) is 2.68. The largest absolute Gasteiger partial charge is 0.481 e. The highest BCUT2D eigenvalue weighted by Crippen LogP contribution is 2.10. The van der Waals surface area contributed by atoms with Gasteiger partial charge in [0.25, 0.3) is 0 Å². The van der Waals surface area contributed by atoms with Crippen molar-refractivity contribution in [2.24, 2.45) is 0 Å². The summed E-state index contributed by atoms with van der Waals surface area (Å²) in [6.07, 6.45) is 12.6. The number of unbranched alkanes of at least 4 members (excludes halogenated alkanes) is 9. The van der Waals surface area contributed by atoms with Gasteiger partial charge in [0.2, 0.25) is 0 Å². The Bertz CT molecular complexity index is 264. The zero-order valence-corrected chi connectivity index (χ0v) is 13.6. The van der Waals surface area contributed by atoms with E-state index in [1.807, 2.05) is 0 Å². The van der Waals surface area contributed by atoms with Gasteiger partial charge in [-0.2, -0.15) is 0 Å². The molecule has 0 aromatic rings. The first-order valence-electron chi connectivity index (χ1n) is 8.54. The number of esters is 1. The molecule has 0 unspecified atom stereocenters. The van der Waals surface area contributed by atoms with Crippen LogP contribution in [0.5, 0.6) is 0 Å². The van der Waals surface area contributed by atoms with Gasteiger partial charge in [0.15, 0.2) is 0 Å². The summed E-state index contributed by atoms with van der Waals surface area (Å²) in [7, 11) is 0. The molecule has 4 heteroatoms. The van der Waals surface area contributed by atoms with Gasteiger partial charge in [-0.3, -0.25) is 9.59 Å². The van der Waals surface area contributed by atoms with E-state index in [1.54, 1.807) is 0 Å². The second kappa shape index (κ2) is 15.3. The first-order valence-corrected chi connectivity index (χ1v) is 8.54. The predicted molar refractivity (Wildman–Crippen MR) is 84.3 cm³/mol. The highest BCUT2D eigenvalue weighted by molar-refractivity contribution is 5.69. The highest BCUT2D eigenvalue weighted by atomic mass is 16.5. The lowest BCUT2D eigenvalue weighted by atomic mass is 10.1. The lowest BCUT2D eigenvalue weighted by Gasteiger charge is -2.05. The molecule has 0 radical (unpaired) electrons. The molecule has 0 aliphatic rings. The van der Waals surface area contributed by atoms with Gasteiger partial charge in [-0.05, 0) is 19.3 Å². The molecule has 0 aromatic carbocycles. The molecule has 0 bridgehead atoms. The minimum Gasteiger partial charge on any atom is -0.481 e. The van der Waals surface area contributed by atoms with E-state index in [9.17, 15) is 9.59 Å². The molecule has 0 fully saturated rings. The maximum Gasteiger partial charge on any atom is 0.305 e. The van der Waals surface area contributed by atoms with E-state index in [-0.39, 0.29) is 5.97 Å². The minimum absolute atomic E-state index is 0.0538. The van der Waals surface area contributed by atoms with Crippen LogP contribution in [0.1, 0.15) is 90.4 Å². The summed E-state index contributed by atoms with van der Waals surface area (Å²) < 4.78 is 5.18. The summed E-state index contributed by atoms with van der Waals surface area (Å²) in [5, 5.41) is 8.50. The number of carboxylic acids is 1. The fourth-order valence-corrected chi connectivity index (χ4v) is 2.22. The average molecular weight is 300 g/mol. The van der Waals surface area contributed by atoms with Crippen LogP contribution < -0.4 is 0 Å². The zero-order chi connectivity index (χ0) is 15.8. The SMILES string of the molecule is CCCCCC(=O)OCCCCCCCCCCC(=O)O. The Morgan fingerprint density at radius 1 is 0.762 bits per heavy atom. The third kappa shape index (κ3) is 16.9. The Morgan fingerprint density at radius 2 is 1.29 bits per heavy atom. The molecule has 0 heterocycles. The number of rotatable bonds is 15. The van der Waals surface area contributed by atoms with Crippen LogP contribution in [-0.2, 0) is 14.3 Å². The van der Waals surface area contributed by atoms with Gasteiger partial charge < -0.3 is 9.84 Å². The van der Waals surface area contributed by atoms with E-state index in [0.29, 0.717) is 19.4 Å². The van der Waals surface area contributed by atoms with Gasteiger partial charge in [-0.1, -0.05) is 58.3 Å². The van der Waals surface area contributed by atoms with Crippen molar-refractivity contribution in [2.45, 2.75) is 90.4 Å². The van der Waals surface area contributed by atoms with Crippen molar-refractivity contribution >= 4 is 11.9 Å². The number of ether oxygens (including phenoxy) is 1. The summed E-state index contributed by atoms with van der Waals surface area (Å²) in [5.41, 5.74) is 0. The van der Waals surface area contributed by atoms with E-state index in [2.05, 4.69) is 6.92 Å². The van der Waals surface area contributed by atoms with Gasteiger partial charge in [0, 0.05) is 12.8 Å². The van der Waals surface area contributed by atoms with Crippen LogP contribution in [0.25, 0.3) is 0 Å².